The maximum absolute atomic E-state index is 12.4. The van der Waals surface area contributed by atoms with Gasteiger partial charge >= 0.3 is 0 Å². The summed E-state index contributed by atoms with van der Waals surface area (Å²) in [6, 6.07) is 8.51. The second-order valence-electron chi connectivity index (χ2n) is 5.27. The molecule has 0 bridgehead atoms. The zero-order chi connectivity index (χ0) is 15.0. The summed E-state index contributed by atoms with van der Waals surface area (Å²) in [7, 11) is 1.92. The molecule has 112 valence electrons. The molecule has 1 aliphatic heterocycles. The number of carbonyl (C=O) groups is 1. The zero-order valence-corrected chi connectivity index (χ0v) is 13.9. The normalized spacial score (nSPS) is 27.9. The molecule has 1 aliphatic carbocycles. The van der Waals surface area contributed by atoms with E-state index in [0.717, 1.165) is 6.42 Å². The van der Waals surface area contributed by atoms with Gasteiger partial charge in [0, 0.05) is 11.5 Å². The van der Waals surface area contributed by atoms with Crippen molar-refractivity contribution in [1.29, 1.82) is 0 Å². The summed E-state index contributed by atoms with van der Waals surface area (Å²) in [5.74, 6) is 0.00635. The van der Waals surface area contributed by atoms with Crippen LogP contribution in [0.5, 0.6) is 0 Å². The van der Waals surface area contributed by atoms with Crippen LogP contribution in [0.15, 0.2) is 33.7 Å². The summed E-state index contributed by atoms with van der Waals surface area (Å²) in [4.78, 5) is 12.4. The predicted molar refractivity (Wildman–Crippen MR) is 88.6 cm³/mol. The maximum atomic E-state index is 12.4. The largest absolute Gasteiger partial charge is 0.350 e. The van der Waals surface area contributed by atoms with E-state index in [0.29, 0.717) is 15.8 Å². The van der Waals surface area contributed by atoms with E-state index >= 15 is 0 Å². The third kappa shape index (κ3) is 2.95. The fraction of sp³-hybridized carbons (Fsp3) is 0.400. The number of rotatable bonds is 3. The molecule has 1 amide bonds. The number of nitrogens with one attached hydrogen (secondary N) is 2. The lowest BCUT2D eigenvalue weighted by molar-refractivity contribution is -0.121. The molecule has 0 aromatic heterocycles. The zero-order valence-electron chi connectivity index (χ0n) is 11.5. The van der Waals surface area contributed by atoms with Crippen LogP contribution in [0.4, 0.5) is 0 Å². The lowest BCUT2D eigenvalue weighted by Gasteiger charge is -2.22. The molecule has 0 saturated heterocycles. The molecular weight excluding hydrogens is 327 g/mol. The number of allylic oxidation sites excluding steroid dienone is 1. The summed E-state index contributed by atoms with van der Waals surface area (Å²) in [5, 5.41) is 6.81. The Kier molecular flexibility index (Phi) is 4.50. The fourth-order valence-electron chi connectivity index (χ4n) is 2.98. The summed E-state index contributed by atoms with van der Waals surface area (Å²) >= 11 is 13.3. The number of hydrogen-bond acceptors (Lipinski definition) is 3. The van der Waals surface area contributed by atoms with Gasteiger partial charge in [-0.1, -0.05) is 59.2 Å². The van der Waals surface area contributed by atoms with Crippen molar-refractivity contribution in [2.45, 2.75) is 30.2 Å². The first-order valence-corrected chi connectivity index (χ1v) is 8.50. The van der Waals surface area contributed by atoms with E-state index in [9.17, 15) is 4.79 Å². The first kappa shape index (κ1) is 15.2. The van der Waals surface area contributed by atoms with Crippen molar-refractivity contribution in [2.24, 2.45) is 0 Å². The van der Waals surface area contributed by atoms with Crippen LogP contribution in [0.1, 0.15) is 23.6 Å². The Morgan fingerprint density at radius 3 is 2.71 bits per heavy atom. The molecular formula is C15H16Cl2N2OS. The second kappa shape index (κ2) is 6.21. The maximum Gasteiger partial charge on any atom is 0.234 e. The number of hydrogen-bond donors (Lipinski definition) is 2. The predicted octanol–water partition coefficient (Wildman–Crippen LogP) is 3.14. The first-order chi connectivity index (χ1) is 10.1. The van der Waals surface area contributed by atoms with E-state index in [1.54, 1.807) is 0 Å². The van der Waals surface area contributed by atoms with Gasteiger partial charge in [0.2, 0.25) is 5.91 Å². The van der Waals surface area contributed by atoms with Gasteiger partial charge in [0.05, 0.1) is 21.7 Å². The monoisotopic (exact) mass is 342 g/mol. The third-order valence-electron chi connectivity index (χ3n) is 3.99. The van der Waals surface area contributed by atoms with Gasteiger partial charge in [0.15, 0.2) is 0 Å². The first-order valence-electron chi connectivity index (χ1n) is 6.86. The average molecular weight is 343 g/mol. The van der Waals surface area contributed by atoms with Gasteiger partial charge in [-0.2, -0.15) is 0 Å². The number of amides is 1. The van der Waals surface area contributed by atoms with Gasteiger partial charge in [-0.05, 0) is 24.6 Å². The lowest BCUT2D eigenvalue weighted by Crippen LogP contribution is -2.44. The highest BCUT2D eigenvalue weighted by Gasteiger charge is 2.35. The Balaban J connectivity index is 1.68. The SMILES string of the molecule is CNC1c2ccccc2CC1NC(=O)C1CC(Cl)=C(Cl)S1. The number of halogens is 2. The van der Waals surface area contributed by atoms with Crippen LogP contribution in [-0.4, -0.2) is 24.2 Å². The molecule has 1 aromatic rings. The molecule has 0 saturated carbocycles. The minimum Gasteiger partial charge on any atom is -0.350 e. The highest BCUT2D eigenvalue weighted by atomic mass is 35.5. The van der Waals surface area contributed by atoms with Crippen molar-refractivity contribution in [2.75, 3.05) is 7.05 Å². The molecule has 1 heterocycles. The van der Waals surface area contributed by atoms with Crippen LogP contribution in [0.2, 0.25) is 0 Å². The molecule has 0 radical (unpaired) electrons. The van der Waals surface area contributed by atoms with Crippen LogP contribution in [0.25, 0.3) is 0 Å². The van der Waals surface area contributed by atoms with Gasteiger partial charge in [-0.3, -0.25) is 4.79 Å². The Morgan fingerprint density at radius 1 is 1.29 bits per heavy atom. The molecule has 3 atom stereocenters. The van der Waals surface area contributed by atoms with E-state index in [1.807, 2.05) is 19.2 Å². The topological polar surface area (TPSA) is 41.1 Å². The summed E-state index contributed by atoms with van der Waals surface area (Å²) < 4.78 is 0.539. The van der Waals surface area contributed by atoms with Gasteiger partial charge < -0.3 is 10.6 Å². The minimum absolute atomic E-state index is 0.00635. The standard InChI is InChI=1S/C15H16Cl2N2OS/c1-18-13-9-5-3-2-4-8(9)6-11(13)19-15(20)12-7-10(16)14(17)21-12/h2-5,11-13,18H,6-7H2,1H3,(H,19,20). The van der Waals surface area contributed by atoms with Gasteiger partial charge in [-0.15, -0.1) is 0 Å². The molecule has 2 aliphatic rings. The van der Waals surface area contributed by atoms with Crippen molar-refractivity contribution >= 4 is 40.9 Å². The fourth-order valence-corrected chi connectivity index (χ4v) is 4.65. The molecule has 0 fully saturated rings. The third-order valence-corrected chi connectivity index (χ3v) is 6.15. The van der Waals surface area contributed by atoms with E-state index in [4.69, 9.17) is 23.2 Å². The van der Waals surface area contributed by atoms with Crippen LogP contribution in [0, 0.1) is 0 Å². The van der Waals surface area contributed by atoms with Gasteiger partial charge in [-0.25, -0.2) is 0 Å². The Morgan fingerprint density at radius 2 is 2.05 bits per heavy atom. The van der Waals surface area contributed by atoms with Crippen LogP contribution >= 0.6 is 35.0 Å². The lowest BCUT2D eigenvalue weighted by atomic mass is 10.1. The van der Waals surface area contributed by atoms with Crippen molar-refractivity contribution in [3.63, 3.8) is 0 Å². The summed E-state index contributed by atoms with van der Waals surface area (Å²) in [6.45, 7) is 0. The number of fused-ring (bicyclic) bond motifs is 1. The molecule has 0 spiro atoms. The number of carbonyl (C=O) groups excluding carboxylic acids is 1. The van der Waals surface area contributed by atoms with E-state index in [-0.39, 0.29) is 23.2 Å². The molecule has 6 heteroatoms. The molecule has 3 rings (SSSR count). The van der Waals surface area contributed by atoms with Crippen molar-refractivity contribution in [3.05, 3.63) is 44.8 Å². The second-order valence-corrected chi connectivity index (χ2v) is 7.54. The number of benzene rings is 1. The van der Waals surface area contributed by atoms with Crippen LogP contribution in [-0.2, 0) is 11.2 Å². The van der Waals surface area contributed by atoms with E-state index in [2.05, 4.69) is 22.8 Å². The minimum atomic E-state index is -0.216. The quantitative estimate of drug-likeness (QED) is 0.886. The highest BCUT2D eigenvalue weighted by molar-refractivity contribution is 8.06. The van der Waals surface area contributed by atoms with Gasteiger partial charge in [0.1, 0.15) is 0 Å². The Bertz CT molecular complexity index is 591. The van der Waals surface area contributed by atoms with Crippen LogP contribution in [0.3, 0.4) is 0 Å². The molecule has 2 N–H and O–H groups in total. The van der Waals surface area contributed by atoms with Crippen molar-refractivity contribution < 1.29 is 4.79 Å². The average Bonchev–Trinajstić information content (AvgIpc) is 2.99. The smallest absolute Gasteiger partial charge is 0.234 e. The molecule has 21 heavy (non-hydrogen) atoms. The summed E-state index contributed by atoms with van der Waals surface area (Å²) in [6.07, 6.45) is 1.36. The molecule has 1 aromatic carbocycles. The van der Waals surface area contributed by atoms with Crippen LogP contribution < -0.4 is 10.6 Å². The molecule has 3 unspecified atom stereocenters. The van der Waals surface area contributed by atoms with E-state index in [1.165, 1.54) is 22.9 Å². The van der Waals surface area contributed by atoms with E-state index < -0.39 is 0 Å². The number of likely N-dealkylation sites (N-methyl/N-ethyl adjacent to an activating group) is 1. The number of thioether (sulfide) groups is 1. The van der Waals surface area contributed by atoms with Crippen molar-refractivity contribution in [1.82, 2.24) is 10.6 Å². The molecule has 3 nitrogen and oxygen atoms in total. The van der Waals surface area contributed by atoms with Crippen molar-refractivity contribution in [3.8, 4) is 0 Å². The highest BCUT2D eigenvalue weighted by Crippen LogP contribution is 2.42. The Labute approximate surface area is 138 Å². The van der Waals surface area contributed by atoms with Gasteiger partial charge in [0.25, 0.3) is 0 Å². The Hall–Kier alpha value is -0.680. The summed E-state index contributed by atoms with van der Waals surface area (Å²) in [5.41, 5.74) is 2.55.